The number of hydrogen-bond donors (Lipinski definition) is 1. The molecule has 31 heavy (non-hydrogen) atoms. The fourth-order valence-corrected chi connectivity index (χ4v) is 4.04. The van der Waals surface area contributed by atoms with E-state index < -0.39 is 0 Å². The molecule has 0 aromatic heterocycles. The standard InChI is InChI=1S/C26H31N3O2/c1-19(2)17-20-3-7-22(8-4-20)26(31)23-11-14-29(15-12-23)16-13-25(30)28-24-9-5-21(18-27)6-10-24/h3-10,19,23H,11-17H2,1-2H3,(H,28,30). The summed E-state index contributed by atoms with van der Waals surface area (Å²) < 4.78 is 0. The van der Waals surface area contributed by atoms with Crippen LogP contribution in [0.25, 0.3) is 0 Å². The summed E-state index contributed by atoms with van der Waals surface area (Å²) in [5.41, 5.74) is 3.36. The van der Waals surface area contributed by atoms with Crippen LogP contribution in [0.4, 0.5) is 5.69 Å². The van der Waals surface area contributed by atoms with Gasteiger partial charge in [-0.05, 0) is 68.1 Å². The third-order valence-electron chi connectivity index (χ3n) is 5.79. The summed E-state index contributed by atoms with van der Waals surface area (Å²) in [6, 6.07) is 17.0. The van der Waals surface area contributed by atoms with E-state index in [1.54, 1.807) is 24.3 Å². The van der Waals surface area contributed by atoms with E-state index in [2.05, 4.69) is 42.3 Å². The summed E-state index contributed by atoms with van der Waals surface area (Å²) in [7, 11) is 0. The number of hydrogen-bond acceptors (Lipinski definition) is 4. The van der Waals surface area contributed by atoms with Gasteiger partial charge in [-0.1, -0.05) is 38.1 Å². The van der Waals surface area contributed by atoms with Crippen LogP contribution in [0, 0.1) is 23.2 Å². The number of rotatable bonds is 8. The molecule has 0 saturated carbocycles. The first kappa shape index (κ1) is 22.7. The maximum atomic E-state index is 12.9. The minimum atomic E-state index is -0.0376. The third kappa shape index (κ3) is 6.77. The van der Waals surface area contributed by atoms with Crippen LogP contribution in [0.5, 0.6) is 0 Å². The minimum Gasteiger partial charge on any atom is -0.326 e. The van der Waals surface area contributed by atoms with Crippen LogP contribution in [0.2, 0.25) is 0 Å². The van der Waals surface area contributed by atoms with E-state index in [1.807, 2.05) is 12.1 Å². The Kier molecular flexibility index (Phi) is 7.97. The molecule has 5 heteroatoms. The molecule has 0 aliphatic carbocycles. The van der Waals surface area contributed by atoms with Crippen LogP contribution < -0.4 is 5.32 Å². The van der Waals surface area contributed by atoms with Crippen molar-refractivity contribution in [2.45, 2.75) is 39.5 Å². The van der Waals surface area contributed by atoms with E-state index in [1.165, 1.54) is 5.56 Å². The van der Waals surface area contributed by atoms with E-state index in [9.17, 15) is 9.59 Å². The molecule has 2 aromatic rings. The van der Waals surface area contributed by atoms with E-state index in [-0.39, 0.29) is 17.6 Å². The second kappa shape index (κ2) is 10.9. The van der Waals surface area contributed by atoms with Gasteiger partial charge in [0.1, 0.15) is 0 Å². The Labute approximate surface area is 185 Å². The summed E-state index contributed by atoms with van der Waals surface area (Å²) >= 11 is 0. The van der Waals surface area contributed by atoms with Crippen molar-refractivity contribution in [1.29, 1.82) is 5.26 Å². The normalized spacial score (nSPS) is 14.9. The molecule has 0 radical (unpaired) electrons. The average Bonchev–Trinajstić information content (AvgIpc) is 2.78. The lowest BCUT2D eigenvalue weighted by Crippen LogP contribution is -2.38. The Morgan fingerprint density at radius 1 is 1.06 bits per heavy atom. The molecule has 0 bridgehead atoms. The van der Waals surface area contributed by atoms with Gasteiger partial charge in [0.2, 0.25) is 5.91 Å². The Morgan fingerprint density at radius 2 is 1.71 bits per heavy atom. The topological polar surface area (TPSA) is 73.2 Å². The Hall–Kier alpha value is -2.97. The van der Waals surface area contributed by atoms with Crippen molar-refractivity contribution in [3.63, 3.8) is 0 Å². The van der Waals surface area contributed by atoms with Gasteiger partial charge in [-0.15, -0.1) is 0 Å². The molecule has 1 saturated heterocycles. The molecule has 1 aliphatic rings. The smallest absolute Gasteiger partial charge is 0.225 e. The van der Waals surface area contributed by atoms with Crippen LogP contribution >= 0.6 is 0 Å². The summed E-state index contributed by atoms with van der Waals surface area (Å²) in [6.07, 6.45) is 3.12. The highest BCUT2D eigenvalue weighted by atomic mass is 16.1. The second-order valence-electron chi connectivity index (χ2n) is 8.76. The van der Waals surface area contributed by atoms with Crippen LogP contribution in [0.3, 0.4) is 0 Å². The molecule has 0 atom stereocenters. The first-order valence-electron chi connectivity index (χ1n) is 11.1. The van der Waals surface area contributed by atoms with Crippen molar-refractivity contribution >= 4 is 17.4 Å². The van der Waals surface area contributed by atoms with Gasteiger partial charge in [0.15, 0.2) is 5.78 Å². The lowest BCUT2D eigenvalue weighted by Gasteiger charge is -2.31. The van der Waals surface area contributed by atoms with Gasteiger partial charge in [0, 0.05) is 30.1 Å². The fraction of sp³-hybridized carbons (Fsp3) is 0.423. The summed E-state index contributed by atoms with van der Waals surface area (Å²) in [6.45, 7) is 6.76. The number of piperidine rings is 1. The van der Waals surface area contributed by atoms with E-state index in [4.69, 9.17) is 5.26 Å². The van der Waals surface area contributed by atoms with Crippen LogP contribution in [-0.2, 0) is 11.2 Å². The molecule has 3 rings (SSSR count). The fourth-order valence-electron chi connectivity index (χ4n) is 4.04. The number of nitrogens with zero attached hydrogens (tertiary/aromatic N) is 2. The number of Topliss-reactive ketones (excluding diaryl/α,β-unsaturated/α-hetero) is 1. The van der Waals surface area contributed by atoms with Crippen molar-refractivity contribution in [3.05, 3.63) is 65.2 Å². The zero-order valence-electron chi connectivity index (χ0n) is 18.4. The van der Waals surface area contributed by atoms with Gasteiger partial charge < -0.3 is 10.2 Å². The molecule has 1 fully saturated rings. The number of nitrogens with one attached hydrogen (secondary N) is 1. The average molecular weight is 418 g/mol. The molecule has 0 spiro atoms. The number of ketones is 1. The number of benzene rings is 2. The zero-order chi connectivity index (χ0) is 22.2. The predicted molar refractivity (Wildman–Crippen MR) is 123 cm³/mol. The van der Waals surface area contributed by atoms with Crippen molar-refractivity contribution in [2.75, 3.05) is 25.0 Å². The number of likely N-dealkylation sites (tertiary alicyclic amines) is 1. The minimum absolute atomic E-state index is 0.0376. The predicted octanol–water partition coefficient (Wildman–Crippen LogP) is 4.68. The SMILES string of the molecule is CC(C)Cc1ccc(C(=O)C2CCN(CCC(=O)Nc3ccc(C#N)cc3)CC2)cc1. The van der Waals surface area contributed by atoms with Gasteiger partial charge in [-0.3, -0.25) is 9.59 Å². The summed E-state index contributed by atoms with van der Waals surface area (Å²) in [4.78, 5) is 27.3. The van der Waals surface area contributed by atoms with Crippen molar-refractivity contribution < 1.29 is 9.59 Å². The molecule has 1 amide bonds. The van der Waals surface area contributed by atoms with Crippen LogP contribution in [0.15, 0.2) is 48.5 Å². The highest BCUT2D eigenvalue weighted by Gasteiger charge is 2.26. The van der Waals surface area contributed by atoms with Crippen LogP contribution in [-0.4, -0.2) is 36.2 Å². The lowest BCUT2D eigenvalue weighted by molar-refractivity contribution is -0.116. The molecular weight excluding hydrogens is 386 g/mol. The highest BCUT2D eigenvalue weighted by molar-refractivity contribution is 5.98. The molecule has 1 aliphatic heterocycles. The number of amides is 1. The monoisotopic (exact) mass is 417 g/mol. The lowest BCUT2D eigenvalue weighted by atomic mass is 9.88. The maximum Gasteiger partial charge on any atom is 0.225 e. The first-order chi connectivity index (χ1) is 14.9. The van der Waals surface area contributed by atoms with Gasteiger partial charge >= 0.3 is 0 Å². The summed E-state index contributed by atoms with van der Waals surface area (Å²) in [5.74, 6) is 0.885. The highest BCUT2D eigenvalue weighted by Crippen LogP contribution is 2.23. The van der Waals surface area contributed by atoms with Gasteiger partial charge in [0.05, 0.1) is 11.6 Å². The molecule has 162 valence electrons. The molecule has 0 unspecified atom stereocenters. The van der Waals surface area contributed by atoms with E-state index >= 15 is 0 Å². The quantitative estimate of drug-likeness (QED) is 0.633. The molecule has 5 nitrogen and oxygen atoms in total. The van der Waals surface area contributed by atoms with E-state index in [0.717, 1.165) is 37.9 Å². The largest absolute Gasteiger partial charge is 0.326 e. The number of carbonyl (C=O) groups is 2. The molecule has 1 N–H and O–H groups in total. The van der Waals surface area contributed by atoms with Crippen molar-refractivity contribution in [2.24, 2.45) is 11.8 Å². The Bertz CT molecular complexity index is 919. The van der Waals surface area contributed by atoms with Gasteiger partial charge in [-0.2, -0.15) is 5.26 Å². The molecule has 1 heterocycles. The van der Waals surface area contributed by atoms with Gasteiger partial charge in [-0.25, -0.2) is 0 Å². The van der Waals surface area contributed by atoms with Crippen molar-refractivity contribution in [1.82, 2.24) is 4.90 Å². The van der Waals surface area contributed by atoms with Gasteiger partial charge in [0.25, 0.3) is 0 Å². The molecular formula is C26H31N3O2. The number of nitriles is 1. The zero-order valence-corrected chi connectivity index (χ0v) is 18.4. The van der Waals surface area contributed by atoms with Crippen molar-refractivity contribution in [3.8, 4) is 6.07 Å². The maximum absolute atomic E-state index is 12.9. The summed E-state index contributed by atoms with van der Waals surface area (Å²) in [5, 5.41) is 11.7. The van der Waals surface area contributed by atoms with Crippen LogP contribution in [0.1, 0.15) is 54.6 Å². The van der Waals surface area contributed by atoms with E-state index in [0.29, 0.717) is 30.1 Å². The first-order valence-corrected chi connectivity index (χ1v) is 11.1. The Morgan fingerprint density at radius 3 is 2.29 bits per heavy atom. The molecule has 2 aromatic carbocycles. The number of anilines is 1. The third-order valence-corrected chi connectivity index (χ3v) is 5.79. The second-order valence-corrected chi connectivity index (χ2v) is 8.76. The Balaban J connectivity index is 1.41. The number of carbonyl (C=O) groups excluding carboxylic acids is 2.